The molecule has 22 heavy (non-hydrogen) atoms. The molecule has 0 aliphatic heterocycles. The third kappa shape index (κ3) is 5.99. The summed E-state index contributed by atoms with van der Waals surface area (Å²) in [5.74, 6) is -0.702. The maximum absolute atomic E-state index is 11.6. The van der Waals surface area contributed by atoms with Gasteiger partial charge in [0.05, 0.1) is 18.8 Å². The molecule has 1 aromatic carbocycles. The molecule has 1 aromatic rings. The summed E-state index contributed by atoms with van der Waals surface area (Å²) in [5, 5.41) is 3.18. The van der Waals surface area contributed by atoms with Gasteiger partial charge < -0.3 is 14.8 Å². The Morgan fingerprint density at radius 2 is 1.68 bits per heavy atom. The Labute approximate surface area is 131 Å². The van der Waals surface area contributed by atoms with Crippen molar-refractivity contribution in [1.82, 2.24) is 0 Å². The van der Waals surface area contributed by atoms with Gasteiger partial charge in [0.1, 0.15) is 0 Å². The van der Waals surface area contributed by atoms with Crippen LogP contribution in [0.1, 0.15) is 44.0 Å². The summed E-state index contributed by atoms with van der Waals surface area (Å²) in [6, 6.07) is 6.93. The SMILES string of the molecule is CCCC(=CC(=O)OCC)Nc1ccc(C(=O)OCC)cc1. The van der Waals surface area contributed by atoms with E-state index in [1.54, 1.807) is 38.1 Å². The molecule has 5 nitrogen and oxygen atoms in total. The van der Waals surface area contributed by atoms with Crippen LogP contribution in [-0.2, 0) is 14.3 Å². The number of hydrogen-bond donors (Lipinski definition) is 1. The molecular weight excluding hydrogens is 282 g/mol. The fraction of sp³-hybridized carbons (Fsp3) is 0.412. The zero-order chi connectivity index (χ0) is 16.4. The van der Waals surface area contributed by atoms with E-state index < -0.39 is 0 Å². The van der Waals surface area contributed by atoms with Gasteiger partial charge in [0.15, 0.2) is 0 Å². The van der Waals surface area contributed by atoms with E-state index in [4.69, 9.17) is 9.47 Å². The van der Waals surface area contributed by atoms with Crippen molar-refractivity contribution >= 4 is 17.6 Å². The van der Waals surface area contributed by atoms with Crippen LogP contribution < -0.4 is 5.32 Å². The molecular formula is C17H23NO4. The minimum absolute atomic E-state index is 0.343. The minimum atomic E-state index is -0.360. The third-order valence-corrected chi connectivity index (χ3v) is 2.80. The normalized spacial score (nSPS) is 11.0. The largest absolute Gasteiger partial charge is 0.463 e. The Kier molecular flexibility index (Phi) is 7.75. The van der Waals surface area contributed by atoms with Crippen LogP contribution in [0.15, 0.2) is 36.0 Å². The van der Waals surface area contributed by atoms with Gasteiger partial charge in [-0.3, -0.25) is 0 Å². The minimum Gasteiger partial charge on any atom is -0.463 e. The zero-order valence-corrected chi connectivity index (χ0v) is 13.3. The molecule has 0 aliphatic carbocycles. The van der Waals surface area contributed by atoms with Crippen molar-refractivity contribution in [3.8, 4) is 0 Å². The first kappa shape index (κ1) is 17.8. The van der Waals surface area contributed by atoms with Crippen LogP contribution in [-0.4, -0.2) is 25.2 Å². The molecule has 0 saturated carbocycles. The molecule has 1 N–H and O–H groups in total. The van der Waals surface area contributed by atoms with Crippen molar-refractivity contribution < 1.29 is 19.1 Å². The van der Waals surface area contributed by atoms with E-state index in [9.17, 15) is 9.59 Å². The number of carbonyl (C=O) groups is 2. The van der Waals surface area contributed by atoms with Gasteiger partial charge in [-0.15, -0.1) is 0 Å². The summed E-state index contributed by atoms with van der Waals surface area (Å²) in [4.78, 5) is 23.1. The second-order valence-corrected chi connectivity index (χ2v) is 4.59. The summed E-state index contributed by atoms with van der Waals surface area (Å²) in [7, 11) is 0. The fourth-order valence-electron chi connectivity index (χ4n) is 1.86. The summed E-state index contributed by atoms with van der Waals surface area (Å²) < 4.78 is 9.85. The van der Waals surface area contributed by atoms with Gasteiger partial charge in [-0.1, -0.05) is 13.3 Å². The van der Waals surface area contributed by atoms with Crippen LogP contribution in [0.3, 0.4) is 0 Å². The number of carbonyl (C=O) groups excluding carboxylic acids is 2. The Hall–Kier alpha value is -2.30. The standard InChI is InChI=1S/C17H23NO4/c1-4-7-15(12-16(19)21-5-2)18-14-10-8-13(9-11-14)17(20)22-6-3/h8-12,18H,4-7H2,1-3H3. The van der Waals surface area contributed by atoms with Gasteiger partial charge >= 0.3 is 11.9 Å². The maximum Gasteiger partial charge on any atom is 0.338 e. The highest BCUT2D eigenvalue weighted by molar-refractivity contribution is 5.90. The van der Waals surface area contributed by atoms with E-state index in [2.05, 4.69) is 5.32 Å². The molecule has 0 atom stereocenters. The van der Waals surface area contributed by atoms with Crippen LogP contribution >= 0.6 is 0 Å². The van der Waals surface area contributed by atoms with Gasteiger partial charge in [-0.2, -0.15) is 0 Å². The lowest BCUT2D eigenvalue weighted by atomic mass is 10.2. The number of hydrogen-bond acceptors (Lipinski definition) is 5. The molecule has 0 bridgehead atoms. The topological polar surface area (TPSA) is 64.6 Å². The average molecular weight is 305 g/mol. The molecule has 0 fully saturated rings. The number of esters is 2. The predicted octanol–water partition coefficient (Wildman–Crippen LogP) is 3.52. The van der Waals surface area contributed by atoms with E-state index in [1.165, 1.54) is 6.08 Å². The smallest absolute Gasteiger partial charge is 0.338 e. The number of allylic oxidation sites excluding steroid dienone is 1. The van der Waals surface area contributed by atoms with Crippen LogP contribution in [0, 0.1) is 0 Å². The predicted molar refractivity (Wildman–Crippen MR) is 85.6 cm³/mol. The van der Waals surface area contributed by atoms with E-state index in [0.717, 1.165) is 24.2 Å². The fourth-order valence-corrected chi connectivity index (χ4v) is 1.86. The lowest BCUT2D eigenvalue weighted by Gasteiger charge is -2.11. The van der Waals surface area contributed by atoms with E-state index in [-0.39, 0.29) is 11.9 Å². The second kappa shape index (κ2) is 9.60. The lowest BCUT2D eigenvalue weighted by Crippen LogP contribution is -2.07. The zero-order valence-electron chi connectivity index (χ0n) is 13.3. The maximum atomic E-state index is 11.6. The Morgan fingerprint density at radius 3 is 2.23 bits per heavy atom. The molecule has 0 spiro atoms. The molecule has 120 valence electrons. The Balaban J connectivity index is 2.77. The quantitative estimate of drug-likeness (QED) is 0.588. The van der Waals surface area contributed by atoms with Gasteiger partial charge in [0.2, 0.25) is 0 Å². The Morgan fingerprint density at radius 1 is 1.05 bits per heavy atom. The number of benzene rings is 1. The van der Waals surface area contributed by atoms with Crippen LogP contribution in [0.2, 0.25) is 0 Å². The van der Waals surface area contributed by atoms with E-state index >= 15 is 0 Å². The van der Waals surface area contributed by atoms with Gasteiger partial charge in [0.25, 0.3) is 0 Å². The van der Waals surface area contributed by atoms with Crippen molar-refractivity contribution in [2.75, 3.05) is 18.5 Å². The first-order valence-electron chi connectivity index (χ1n) is 7.52. The van der Waals surface area contributed by atoms with Gasteiger partial charge in [-0.25, -0.2) is 9.59 Å². The second-order valence-electron chi connectivity index (χ2n) is 4.59. The number of ether oxygens (including phenoxy) is 2. The van der Waals surface area contributed by atoms with Gasteiger partial charge in [-0.05, 0) is 44.5 Å². The number of nitrogens with one attached hydrogen (secondary N) is 1. The molecule has 0 amide bonds. The monoisotopic (exact) mass is 305 g/mol. The van der Waals surface area contributed by atoms with Crippen molar-refractivity contribution in [3.63, 3.8) is 0 Å². The lowest BCUT2D eigenvalue weighted by molar-refractivity contribution is -0.137. The molecule has 0 aliphatic rings. The van der Waals surface area contributed by atoms with E-state index in [0.29, 0.717) is 18.8 Å². The summed E-state index contributed by atoms with van der Waals surface area (Å²) in [5.41, 5.74) is 2.08. The number of anilines is 1. The number of rotatable bonds is 8. The molecule has 0 saturated heterocycles. The van der Waals surface area contributed by atoms with Crippen LogP contribution in [0.4, 0.5) is 5.69 Å². The van der Waals surface area contributed by atoms with Gasteiger partial charge in [0, 0.05) is 17.5 Å². The molecule has 1 rings (SSSR count). The summed E-state index contributed by atoms with van der Waals surface area (Å²) in [6.45, 7) is 6.27. The first-order valence-corrected chi connectivity index (χ1v) is 7.52. The highest BCUT2D eigenvalue weighted by Crippen LogP contribution is 2.15. The molecule has 0 heterocycles. The van der Waals surface area contributed by atoms with Crippen molar-refractivity contribution in [2.24, 2.45) is 0 Å². The molecule has 0 radical (unpaired) electrons. The molecule has 5 heteroatoms. The van der Waals surface area contributed by atoms with Crippen LogP contribution in [0.25, 0.3) is 0 Å². The highest BCUT2D eigenvalue weighted by Gasteiger charge is 2.07. The molecule has 0 aromatic heterocycles. The Bertz CT molecular complexity index is 520. The molecule has 0 unspecified atom stereocenters. The van der Waals surface area contributed by atoms with Crippen molar-refractivity contribution in [3.05, 3.63) is 41.6 Å². The first-order chi connectivity index (χ1) is 10.6. The van der Waals surface area contributed by atoms with E-state index in [1.807, 2.05) is 6.92 Å². The summed E-state index contributed by atoms with van der Waals surface area (Å²) in [6.07, 6.45) is 3.10. The van der Waals surface area contributed by atoms with Crippen molar-refractivity contribution in [1.29, 1.82) is 0 Å². The third-order valence-electron chi connectivity index (χ3n) is 2.80. The highest BCUT2D eigenvalue weighted by atomic mass is 16.5. The van der Waals surface area contributed by atoms with Crippen LogP contribution in [0.5, 0.6) is 0 Å². The van der Waals surface area contributed by atoms with Crippen molar-refractivity contribution in [2.45, 2.75) is 33.6 Å². The average Bonchev–Trinajstić information content (AvgIpc) is 2.48. The summed E-state index contributed by atoms with van der Waals surface area (Å²) >= 11 is 0.